The molecule has 0 spiro atoms. The Balaban J connectivity index is 3.20. The van der Waals surface area contributed by atoms with Crippen LogP contribution in [0.1, 0.15) is 17.3 Å². The minimum atomic E-state index is -0.337. The second-order valence-corrected chi connectivity index (χ2v) is 4.79. The molecule has 0 saturated heterocycles. The molecule has 1 aromatic rings. The molecule has 0 saturated carbocycles. The first-order chi connectivity index (χ1) is 6.04. The maximum absolute atomic E-state index is 11.1. The molecule has 0 fully saturated rings. The first-order valence-corrected chi connectivity index (χ1v) is 5.71. The summed E-state index contributed by atoms with van der Waals surface area (Å²) in [6.07, 6.45) is 0. The fraction of sp³-hybridized carbons (Fsp3) is 0.222. The quantitative estimate of drug-likeness (QED) is 0.747. The van der Waals surface area contributed by atoms with Gasteiger partial charge in [-0.05, 0) is 19.1 Å². The predicted octanol–water partition coefficient (Wildman–Crippen LogP) is 4.13. The minimum absolute atomic E-state index is 0.0359. The molecule has 0 heterocycles. The van der Waals surface area contributed by atoms with Crippen LogP contribution in [0.5, 0.6) is 0 Å². The molecular formula is C9H7Br2ClO. The van der Waals surface area contributed by atoms with E-state index in [2.05, 4.69) is 31.9 Å². The topological polar surface area (TPSA) is 17.1 Å². The summed E-state index contributed by atoms with van der Waals surface area (Å²) in [4.78, 5) is 10.8. The second-order valence-electron chi connectivity index (χ2n) is 2.61. The van der Waals surface area contributed by atoms with Gasteiger partial charge in [-0.1, -0.05) is 49.5 Å². The molecule has 0 radical (unpaired) electrons. The predicted molar refractivity (Wildman–Crippen MR) is 61.5 cm³/mol. The van der Waals surface area contributed by atoms with E-state index in [0.717, 1.165) is 10.0 Å². The molecule has 13 heavy (non-hydrogen) atoms. The van der Waals surface area contributed by atoms with Gasteiger partial charge in [0.05, 0.1) is 0 Å². The van der Waals surface area contributed by atoms with Crippen LogP contribution in [-0.4, -0.2) is 5.78 Å². The number of halogens is 3. The summed E-state index contributed by atoms with van der Waals surface area (Å²) in [5.74, 6) is 0.0359. The Bertz CT molecular complexity index is 318. The van der Waals surface area contributed by atoms with Crippen LogP contribution >= 0.6 is 43.5 Å². The van der Waals surface area contributed by atoms with Gasteiger partial charge in [0.2, 0.25) is 0 Å². The van der Waals surface area contributed by atoms with Crippen molar-refractivity contribution in [2.45, 2.75) is 11.8 Å². The summed E-state index contributed by atoms with van der Waals surface area (Å²) in [5.41, 5.74) is 0.789. The number of Topliss-reactive ketones (excluding diaryl/α,β-unsaturated/α-hetero) is 1. The molecule has 70 valence electrons. The van der Waals surface area contributed by atoms with Crippen molar-refractivity contribution in [3.8, 4) is 0 Å². The standard InChI is InChI=1S/C9H7Br2ClO/c1-5(13)9(11)8-6(10)3-2-4-7(8)12/h2-4,9H,1H3. The van der Waals surface area contributed by atoms with Crippen molar-refractivity contribution in [2.75, 3.05) is 0 Å². The number of benzene rings is 1. The van der Waals surface area contributed by atoms with Crippen LogP contribution in [0.4, 0.5) is 0 Å². The van der Waals surface area contributed by atoms with Crippen molar-refractivity contribution in [1.82, 2.24) is 0 Å². The van der Waals surface area contributed by atoms with Crippen molar-refractivity contribution >= 4 is 49.2 Å². The largest absolute Gasteiger partial charge is 0.298 e. The normalized spacial score (nSPS) is 12.6. The molecular weight excluding hydrogens is 319 g/mol. The Morgan fingerprint density at radius 1 is 1.54 bits per heavy atom. The van der Waals surface area contributed by atoms with E-state index in [4.69, 9.17) is 11.6 Å². The number of carbonyl (C=O) groups excluding carboxylic acids is 1. The van der Waals surface area contributed by atoms with Gasteiger partial charge in [-0.3, -0.25) is 4.79 Å². The van der Waals surface area contributed by atoms with E-state index in [1.807, 2.05) is 12.1 Å². The Morgan fingerprint density at radius 2 is 2.15 bits per heavy atom. The summed E-state index contributed by atoms with van der Waals surface area (Å²) in [7, 11) is 0. The summed E-state index contributed by atoms with van der Waals surface area (Å²) in [6, 6.07) is 5.45. The molecule has 0 aliphatic rings. The van der Waals surface area contributed by atoms with Crippen molar-refractivity contribution < 1.29 is 4.79 Å². The van der Waals surface area contributed by atoms with E-state index in [1.54, 1.807) is 6.07 Å². The van der Waals surface area contributed by atoms with Crippen LogP contribution in [0, 0.1) is 0 Å². The third kappa shape index (κ3) is 2.55. The average Bonchev–Trinajstić information content (AvgIpc) is 2.03. The lowest BCUT2D eigenvalue weighted by atomic mass is 10.1. The third-order valence-corrected chi connectivity index (χ3v) is 3.73. The van der Waals surface area contributed by atoms with E-state index in [0.29, 0.717) is 5.02 Å². The van der Waals surface area contributed by atoms with Crippen molar-refractivity contribution in [3.63, 3.8) is 0 Å². The fourth-order valence-electron chi connectivity index (χ4n) is 0.956. The smallest absolute Gasteiger partial charge is 0.147 e. The van der Waals surface area contributed by atoms with E-state index in [-0.39, 0.29) is 10.6 Å². The zero-order valence-electron chi connectivity index (χ0n) is 6.85. The first-order valence-electron chi connectivity index (χ1n) is 3.62. The van der Waals surface area contributed by atoms with E-state index in [9.17, 15) is 4.79 Å². The van der Waals surface area contributed by atoms with Crippen LogP contribution in [0.3, 0.4) is 0 Å². The Morgan fingerprint density at radius 3 is 2.62 bits per heavy atom. The molecule has 0 bridgehead atoms. The maximum Gasteiger partial charge on any atom is 0.147 e. The van der Waals surface area contributed by atoms with Crippen LogP contribution in [0.25, 0.3) is 0 Å². The van der Waals surface area contributed by atoms with Crippen LogP contribution < -0.4 is 0 Å². The zero-order valence-corrected chi connectivity index (χ0v) is 10.8. The van der Waals surface area contributed by atoms with Crippen LogP contribution in [0.15, 0.2) is 22.7 Å². The van der Waals surface area contributed by atoms with E-state index in [1.165, 1.54) is 6.92 Å². The van der Waals surface area contributed by atoms with Crippen molar-refractivity contribution in [1.29, 1.82) is 0 Å². The average molecular weight is 326 g/mol. The fourth-order valence-corrected chi connectivity index (χ4v) is 2.88. The molecule has 0 aromatic heterocycles. The van der Waals surface area contributed by atoms with Gasteiger partial charge in [-0.25, -0.2) is 0 Å². The van der Waals surface area contributed by atoms with E-state index < -0.39 is 0 Å². The van der Waals surface area contributed by atoms with Gasteiger partial charge < -0.3 is 0 Å². The number of alkyl halides is 1. The Labute approximate surface area is 98.7 Å². The lowest BCUT2D eigenvalue weighted by molar-refractivity contribution is -0.116. The van der Waals surface area contributed by atoms with Crippen molar-refractivity contribution in [3.05, 3.63) is 33.3 Å². The van der Waals surface area contributed by atoms with Gasteiger partial charge in [0.1, 0.15) is 10.6 Å². The zero-order chi connectivity index (χ0) is 10.0. The van der Waals surface area contributed by atoms with Gasteiger partial charge in [-0.2, -0.15) is 0 Å². The number of hydrogen-bond acceptors (Lipinski definition) is 1. The summed E-state index contributed by atoms with van der Waals surface area (Å²) >= 11 is 12.6. The molecule has 0 aliphatic carbocycles. The Kier molecular flexibility index (Phi) is 3.95. The highest BCUT2D eigenvalue weighted by Gasteiger charge is 2.18. The molecule has 0 aliphatic heterocycles. The lowest BCUT2D eigenvalue weighted by Crippen LogP contribution is -2.02. The van der Waals surface area contributed by atoms with Crippen LogP contribution in [-0.2, 0) is 4.79 Å². The minimum Gasteiger partial charge on any atom is -0.298 e. The second kappa shape index (κ2) is 4.58. The number of carbonyl (C=O) groups is 1. The summed E-state index contributed by atoms with van der Waals surface area (Å²) in [6.45, 7) is 1.52. The maximum atomic E-state index is 11.1. The van der Waals surface area contributed by atoms with Crippen LogP contribution in [0.2, 0.25) is 5.02 Å². The van der Waals surface area contributed by atoms with Gasteiger partial charge in [0.25, 0.3) is 0 Å². The number of rotatable bonds is 2. The van der Waals surface area contributed by atoms with E-state index >= 15 is 0 Å². The highest BCUT2D eigenvalue weighted by Crippen LogP contribution is 2.35. The Hall–Kier alpha value is 0.140. The van der Waals surface area contributed by atoms with Gasteiger partial charge in [-0.15, -0.1) is 0 Å². The van der Waals surface area contributed by atoms with Gasteiger partial charge in [0, 0.05) is 15.1 Å². The van der Waals surface area contributed by atoms with Gasteiger partial charge >= 0.3 is 0 Å². The molecule has 1 atom stereocenters. The number of ketones is 1. The highest BCUT2D eigenvalue weighted by atomic mass is 79.9. The summed E-state index contributed by atoms with van der Waals surface area (Å²) in [5, 5.41) is 0.589. The molecule has 4 heteroatoms. The molecule has 1 nitrogen and oxygen atoms in total. The molecule has 0 N–H and O–H groups in total. The molecule has 1 rings (SSSR count). The molecule has 1 aromatic carbocycles. The number of hydrogen-bond donors (Lipinski definition) is 0. The van der Waals surface area contributed by atoms with Gasteiger partial charge in [0.15, 0.2) is 0 Å². The molecule has 0 amide bonds. The first kappa shape index (κ1) is 11.2. The molecule has 1 unspecified atom stereocenters. The third-order valence-electron chi connectivity index (χ3n) is 1.61. The monoisotopic (exact) mass is 324 g/mol. The SMILES string of the molecule is CC(=O)C(Br)c1c(Cl)cccc1Br. The lowest BCUT2D eigenvalue weighted by Gasteiger charge is -2.10. The van der Waals surface area contributed by atoms with Crippen molar-refractivity contribution in [2.24, 2.45) is 0 Å². The highest BCUT2D eigenvalue weighted by molar-refractivity contribution is 9.11. The summed E-state index contributed by atoms with van der Waals surface area (Å²) < 4.78 is 0.845.